The Kier molecular flexibility index (Phi) is 4.80. The first-order valence-corrected chi connectivity index (χ1v) is 5.97. The maximum Gasteiger partial charge on any atom is 0.397 e. The summed E-state index contributed by atoms with van der Waals surface area (Å²) in [5, 5.41) is 28.0. The lowest BCUT2D eigenvalue weighted by atomic mass is 9.99. The van der Waals surface area contributed by atoms with Crippen LogP contribution < -0.4 is 0 Å². The molecular weight excluding hydrogens is 260 g/mol. The Bertz CT molecular complexity index is 339. The molecule has 0 unspecified atom stereocenters. The van der Waals surface area contributed by atoms with Crippen LogP contribution in [0.15, 0.2) is 0 Å². The molecule has 1 aliphatic rings. The lowest BCUT2D eigenvalue weighted by Gasteiger charge is -2.40. The number of rotatable bonds is 4. The molecule has 0 aliphatic carbocycles. The molecule has 0 aromatic heterocycles. The van der Waals surface area contributed by atoms with E-state index in [4.69, 9.17) is 14.4 Å². The molecule has 5 atom stereocenters. The van der Waals surface area contributed by atoms with E-state index in [2.05, 4.69) is 8.92 Å². The smallest absolute Gasteiger partial charge is 0.394 e. The zero-order valence-corrected chi connectivity index (χ0v) is 9.65. The van der Waals surface area contributed by atoms with Gasteiger partial charge in [-0.15, -0.1) is 0 Å². The molecule has 4 N–H and O–H groups in total. The predicted octanol–water partition coefficient (Wildman–Crippen LogP) is -2.74. The van der Waals surface area contributed by atoms with Crippen LogP contribution in [0.3, 0.4) is 0 Å². The van der Waals surface area contributed by atoms with Crippen molar-refractivity contribution in [2.75, 3.05) is 13.7 Å². The van der Waals surface area contributed by atoms with E-state index in [0.29, 0.717) is 0 Å². The van der Waals surface area contributed by atoms with E-state index >= 15 is 0 Å². The molecule has 0 saturated carbocycles. The summed E-state index contributed by atoms with van der Waals surface area (Å²) in [4.78, 5) is 0. The quantitative estimate of drug-likeness (QED) is 0.401. The Morgan fingerprint density at radius 3 is 2.29 bits per heavy atom. The van der Waals surface area contributed by atoms with Crippen LogP contribution in [-0.4, -0.2) is 72.7 Å². The molecule has 1 aliphatic heterocycles. The van der Waals surface area contributed by atoms with Crippen molar-refractivity contribution in [2.24, 2.45) is 0 Å². The molecule has 0 aromatic rings. The monoisotopic (exact) mass is 274 g/mol. The summed E-state index contributed by atoms with van der Waals surface area (Å²) < 4.78 is 43.3. The molecule has 1 rings (SSSR count). The second kappa shape index (κ2) is 5.54. The molecular formula is C7H14O9S. The van der Waals surface area contributed by atoms with Gasteiger partial charge in [0.1, 0.15) is 24.4 Å². The van der Waals surface area contributed by atoms with Crippen LogP contribution in [0.1, 0.15) is 0 Å². The Labute approximate surface area is 97.5 Å². The molecule has 102 valence electrons. The van der Waals surface area contributed by atoms with Crippen LogP contribution in [0.2, 0.25) is 0 Å². The first kappa shape index (κ1) is 14.7. The minimum absolute atomic E-state index is 0.691. The van der Waals surface area contributed by atoms with Gasteiger partial charge in [0.25, 0.3) is 0 Å². The van der Waals surface area contributed by atoms with Gasteiger partial charge in [-0.1, -0.05) is 0 Å². The fourth-order valence-corrected chi connectivity index (χ4v) is 2.03. The summed E-state index contributed by atoms with van der Waals surface area (Å²) in [5.74, 6) is 0. The molecule has 0 bridgehead atoms. The number of aliphatic hydroxyl groups is 3. The van der Waals surface area contributed by atoms with Crippen LogP contribution >= 0.6 is 0 Å². The van der Waals surface area contributed by atoms with Crippen molar-refractivity contribution >= 4 is 10.4 Å². The van der Waals surface area contributed by atoms with Crippen LogP contribution in [0.25, 0.3) is 0 Å². The average molecular weight is 274 g/mol. The van der Waals surface area contributed by atoms with E-state index in [-0.39, 0.29) is 0 Å². The third kappa shape index (κ3) is 3.56. The topological polar surface area (TPSA) is 143 Å². The summed E-state index contributed by atoms with van der Waals surface area (Å²) in [6.45, 7) is -0.691. The van der Waals surface area contributed by atoms with Gasteiger partial charge in [-0.2, -0.15) is 8.42 Å². The maximum atomic E-state index is 10.5. The van der Waals surface area contributed by atoms with Crippen molar-refractivity contribution in [1.82, 2.24) is 0 Å². The third-order valence-corrected chi connectivity index (χ3v) is 2.75. The number of ether oxygens (including phenoxy) is 2. The van der Waals surface area contributed by atoms with Crippen LogP contribution in [-0.2, 0) is 24.1 Å². The van der Waals surface area contributed by atoms with Gasteiger partial charge < -0.3 is 24.8 Å². The minimum Gasteiger partial charge on any atom is -0.394 e. The van der Waals surface area contributed by atoms with E-state index in [1.165, 1.54) is 7.11 Å². The summed E-state index contributed by atoms with van der Waals surface area (Å²) in [7, 11) is -3.66. The fraction of sp³-hybridized carbons (Fsp3) is 1.00. The lowest BCUT2D eigenvalue weighted by Crippen LogP contribution is -2.60. The second-order valence-corrected chi connectivity index (χ2v) is 4.48. The van der Waals surface area contributed by atoms with E-state index in [9.17, 15) is 18.6 Å². The number of hydrogen-bond acceptors (Lipinski definition) is 8. The largest absolute Gasteiger partial charge is 0.397 e. The van der Waals surface area contributed by atoms with Crippen molar-refractivity contribution in [2.45, 2.75) is 30.7 Å². The maximum absolute atomic E-state index is 10.5. The first-order valence-electron chi connectivity index (χ1n) is 4.61. The van der Waals surface area contributed by atoms with Crippen LogP contribution in [0, 0.1) is 0 Å². The highest BCUT2D eigenvalue weighted by molar-refractivity contribution is 7.80. The number of methoxy groups -OCH3 is 1. The van der Waals surface area contributed by atoms with Crippen molar-refractivity contribution in [1.29, 1.82) is 0 Å². The van der Waals surface area contributed by atoms with Crippen molar-refractivity contribution in [3.63, 3.8) is 0 Å². The Balaban J connectivity index is 2.87. The fourth-order valence-electron chi connectivity index (χ4n) is 1.51. The summed E-state index contributed by atoms with van der Waals surface area (Å²) in [6.07, 6.45) is -7.40. The van der Waals surface area contributed by atoms with E-state index in [1.807, 2.05) is 0 Å². The van der Waals surface area contributed by atoms with Crippen LogP contribution in [0.4, 0.5) is 0 Å². The Hall–Kier alpha value is -0.330. The molecule has 1 saturated heterocycles. The van der Waals surface area contributed by atoms with Gasteiger partial charge >= 0.3 is 10.4 Å². The highest BCUT2D eigenvalue weighted by Crippen LogP contribution is 2.24. The van der Waals surface area contributed by atoms with Gasteiger partial charge in [0.15, 0.2) is 6.29 Å². The average Bonchev–Trinajstić information content (AvgIpc) is 2.24. The van der Waals surface area contributed by atoms with Gasteiger partial charge in [0.2, 0.25) is 0 Å². The van der Waals surface area contributed by atoms with E-state index in [0.717, 1.165) is 0 Å². The van der Waals surface area contributed by atoms with E-state index < -0.39 is 47.7 Å². The van der Waals surface area contributed by atoms with Gasteiger partial charge in [-0.05, 0) is 0 Å². The minimum atomic E-state index is -4.85. The highest BCUT2D eigenvalue weighted by Gasteiger charge is 2.47. The predicted molar refractivity (Wildman–Crippen MR) is 51.2 cm³/mol. The first-order chi connectivity index (χ1) is 7.80. The summed E-state index contributed by atoms with van der Waals surface area (Å²) >= 11 is 0. The molecule has 0 radical (unpaired) electrons. The zero-order chi connectivity index (χ0) is 13.2. The molecule has 1 fully saturated rings. The molecule has 0 aromatic carbocycles. The highest BCUT2D eigenvalue weighted by atomic mass is 32.3. The summed E-state index contributed by atoms with van der Waals surface area (Å²) in [5.41, 5.74) is 0. The molecule has 10 heteroatoms. The van der Waals surface area contributed by atoms with Gasteiger partial charge in [-0.25, -0.2) is 4.18 Å². The van der Waals surface area contributed by atoms with Crippen molar-refractivity contribution < 1.29 is 41.9 Å². The number of aliphatic hydroxyl groups excluding tert-OH is 3. The Morgan fingerprint density at radius 1 is 1.29 bits per heavy atom. The number of hydrogen-bond donors (Lipinski definition) is 4. The Morgan fingerprint density at radius 2 is 1.88 bits per heavy atom. The standard InChI is InChI=1S/C7H14O9S/c1-14-7-5(10)4(9)6(3(2-8)15-7)16-17(11,12)13/h3-10H,2H2,1H3,(H,11,12,13)/t3-,4-,5-,6+,7+/m1/s1. The van der Waals surface area contributed by atoms with Crippen molar-refractivity contribution in [3.8, 4) is 0 Å². The second-order valence-electron chi connectivity index (χ2n) is 3.43. The van der Waals surface area contributed by atoms with Gasteiger partial charge in [0, 0.05) is 7.11 Å². The van der Waals surface area contributed by atoms with Crippen molar-refractivity contribution in [3.05, 3.63) is 0 Å². The summed E-state index contributed by atoms with van der Waals surface area (Å²) in [6, 6.07) is 0. The third-order valence-electron chi connectivity index (χ3n) is 2.29. The molecule has 1 heterocycles. The lowest BCUT2D eigenvalue weighted by molar-refractivity contribution is -0.290. The van der Waals surface area contributed by atoms with Gasteiger partial charge in [-0.3, -0.25) is 4.55 Å². The zero-order valence-electron chi connectivity index (χ0n) is 8.83. The van der Waals surface area contributed by atoms with Crippen LogP contribution in [0.5, 0.6) is 0 Å². The molecule has 0 spiro atoms. The van der Waals surface area contributed by atoms with E-state index in [1.54, 1.807) is 0 Å². The molecule has 9 nitrogen and oxygen atoms in total. The molecule has 17 heavy (non-hydrogen) atoms. The molecule has 0 amide bonds. The normalized spacial score (nSPS) is 39.2. The SMILES string of the molecule is CO[C@H]1O[C@H](CO)[C@H](OS(=O)(=O)O)[C@H](O)[C@H]1O. The van der Waals surface area contributed by atoms with Gasteiger partial charge in [0.05, 0.1) is 6.61 Å².